The zero-order chi connectivity index (χ0) is 28.5. The van der Waals surface area contributed by atoms with Crippen LogP contribution in [-0.4, -0.2) is 60.6 Å². The van der Waals surface area contributed by atoms with Gasteiger partial charge in [-0.2, -0.15) is 0 Å². The van der Waals surface area contributed by atoms with Crippen molar-refractivity contribution in [3.8, 4) is 5.75 Å². The number of carbonyl (C=O) groups is 1. The SMILES string of the molecule is CCCC(CC[C@@H]1CC[C@@H]2[C@@H](/C=C/[C@H](COc3cc(F)ccc3F)OC3CCCCO3)[C@@H](O)C[C@@H]2OC1)C(=O)O. The van der Waals surface area contributed by atoms with Gasteiger partial charge in [0.15, 0.2) is 17.9 Å². The Labute approximate surface area is 235 Å². The van der Waals surface area contributed by atoms with Crippen molar-refractivity contribution in [2.75, 3.05) is 19.8 Å². The fourth-order valence-electron chi connectivity index (χ4n) is 6.29. The number of rotatable bonds is 13. The van der Waals surface area contributed by atoms with Gasteiger partial charge >= 0.3 is 5.97 Å². The minimum atomic E-state index is -0.721. The second kappa shape index (κ2) is 15.2. The van der Waals surface area contributed by atoms with E-state index in [1.54, 1.807) is 0 Å². The van der Waals surface area contributed by atoms with Crippen molar-refractivity contribution < 1.29 is 42.7 Å². The second-order valence-corrected chi connectivity index (χ2v) is 11.5. The molecule has 8 atom stereocenters. The smallest absolute Gasteiger partial charge is 0.306 e. The van der Waals surface area contributed by atoms with E-state index in [2.05, 4.69) is 0 Å². The standard InChI is InChI=1S/C31H44F2O7/c1-2-5-21(31(35)36)9-7-20-8-12-25-24(27(34)17-28(25)38-18-20)13-11-23(40-30-6-3-4-15-37-30)19-39-29-16-22(32)10-14-26(29)33/h10-11,13-14,16,20-21,23-25,27-28,30,34H,2-9,12,15,17-19H2,1H3,(H,35,36)/b13-11+/t20-,21?,23-,24-,25-,27+,28+,30?/m1/s1. The molecule has 1 saturated carbocycles. The highest BCUT2D eigenvalue weighted by Crippen LogP contribution is 2.42. The predicted octanol–water partition coefficient (Wildman–Crippen LogP) is 5.88. The quantitative estimate of drug-likeness (QED) is 0.288. The maximum absolute atomic E-state index is 14.1. The Morgan fingerprint density at radius 2 is 2.02 bits per heavy atom. The van der Waals surface area contributed by atoms with Gasteiger partial charge in [0.2, 0.25) is 0 Å². The summed E-state index contributed by atoms with van der Waals surface area (Å²) >= 11 is 0. The van der Waals surface area contributed by atoms with Crippen LogP contribution in [0.3, 0.4) is 0 Å². The van der Waals surface area contributed by atoms with E-state index in [9.17, 15) is 23.8 Å². The van der Waals surface area contributed by atoms with Crippen LogP contribution >= 0.6 is 0 Å². The molecule has 1 aromatic rings. The number of fused-ring (bicyclic) bond motifs is 1. The number of aliphatic carboxylic acids is 1. The lowest BCUT2D eigenvalue weighted by molar-refractivity contribution is -0.183. The highest BCUT2D eigenvalue weighted by atomic mass is 19.1. The van der Waals surface area contributed by atoms with Gasteiger partial charge < -0.3 is 29.2 Å². The lowest BCUT2D eigenvalue weighted by Gasteiger charge is -2.27. The number of benzene rings is 1. The number of hydrogen-bond donors (Lipinski definition) is 2. The van der Waals surface area contributed by atoms with E-state index in [4.69, 9.17) is 18.9 Å². The van der Waals surface area contributed by atoms with E-state index in [-0.39, 0.29) is 36.2 Å². The van der Waals surface area contributed by atoms with Crippen molar-refractivity contribution in [1.82, 2.24) is 0 Å². The lowest BCUT2D eigenvalue weighted by atomic mass is 9.85. The summed E-state index contributed by atoms with van der Waals surface area (Å²) in [4.78, 5) is 11.6. The van der Waals surface area contributed by atoms with Crippen LogP contribution in [0.25, 0.3) is 0 Å². The molecule has 0 amide bonds. The number of ether oxygens (including phenoxy) is 4. The van der Waals surface area contributed by atoms with Crippen LogP contribution in [0.15, 0.2) is 30.4 Å². The van der Waals surface area contributed by atoms with E-state index in [1.165, 1.54) is 0 Å². The molecule has 0 spiro atoms. The number of aliphatic hydroxyl groups is 1. The average molecular weight is 567 g/mol. The Balaban J connectivity index is 1.38. The van der Waals surface area contributed by atoms with Crippen LogP contribution in [0.4, 0.5) is 8.78 Å². The molecule has 3 fully saturated rings. The zero-order valence-corrected chi connectivity index (χ0v) is 23.4. The molecule has 0 aromatic heterocycles. The third-order valence-electron chi connectivity index (χ3n) is 8.56. The van der Waals surface area contributed by atoms with Crippen LogP contribution < -0.4 is 4.74 Å². The molecular formula is C31H44F2O7. The van der Waals surface area contributed by atoms with Gasteiger partial charge in [-0.25, -0.2) is 8.78 Å². The Kier molecular flexibility index (Phi) is 11.8. The molecule has 2 N–H and O–H groups in total. The molecule has 2 unspecified atom stereocenters. The van der Waals surface area contributed by atoms with Gasteiger partial charge in [-0.1, -0.05) is 25.5 Å². The minimum Gasteiger partial charge on any atom is -0.487 e. The molecule has 3 aliphatic rings. The molecule has 224 valence electrons. The first-order valence-corrected chi connectivity index (χ1v) is 14.9. The molecule has 0 radical (unpaired) electrons. The van der Waals surface area contributed by atoms with Gasteiger partial charge in [0, 0.05) is 31.6 Å². The minimum absolute atomic E-state index is 0.0330. The van der Waals surface area contributed by atoms with Gasteiger partial charge in [-0.15, -0.1) is 0 Å². The van der Waals surface area contributed by atoms with Crippen molar-refractivity contribution in [3.05, 3.63) is 42.0 Å². The van der Waals surface area contributed by atoms with Crippen molar-refractivity contribution in [3.63, 3.8) is 0 Å². The Hall–Kier alpha value is -2.07. The summed E-state index contributed by atoms with van der Waals surface area (Å²) in [5, 5.41) is 20.4. The molecule has 1 aromatic carbocycles. The molecule has 1 aliphatic carbocycles. The van der Waals surface area contributed by atoms with Gasteiger partial charge in [-0.3, -0.25) is 4.79 Å². The summed E-state index contributed by atoms with van der Waals surface area (Å²) in [5.41, 5.74) is 0. The third kappa shape index (κ3) is 8.71. The number of aliphatic hydroxyl groups excluding tert-OH is 1. The van der Waals surface area contributed by atoms with Crippen molar-refractivity contribution in [2.24, 2.45) is 23.7 Å². The van der Waals surface area contributed by atoms with E-state index in [0.717, 1.165) is 63.1 Å². The van der Waals surface area contributed by atoms with Gasteiger partial charge in [-0.05, 0) is 75.3 Å². The summed E-state index contributed by atoms with van der Waals surface area (Å²) in [6, 6.07) is 3.08. The number of carboxylic acid groups (broad SMARTS) is 1. The highest BCUT2D eigenvalue weighted by molar-refractivity contribution is 5.69. The summed E-state index contributed by atoms with van der Waals surface area (Å²) in [6.45, 7) is 3.17. The van der Waals surface area contributed by atoms with Crippen LogP contribution in [0.1, 0.15) is 71.1 Å². The summed E-state index contributed by atoms with van der Waals surface area (Å²) in [7, 11) is 0. The zero-order valence-electron chi connectivity index (χ0n) is 23.4. The first kappa shape index (κ1) is 30.9. The third-order valence-corrected chi connectivity index (χ3v) is 8.56. The molecule has 7 nitrogen and oxygen atoms in total. The summed E-state index contributed by atoms with van der Waals surface area (Å²) in [6.07, 6.45) is 10.3. The Morgan fingerprint density at radius 1 is 1.18 bits per heavy atom. The Morgan fingerprint density at radius 3 is 2.77 bits per heavy atom. The maximum atomic E-state index is 14.1. The lowest BCUT2D eigenvalue weighted by Crippen LogP contribution is -2.31. The molecule has 2 heterocycles. The van der Waals surface area contributed by atoms with E-state index < -0.39 is 36.1 Å². The molecule has 2 saturated heterocycles. The molecule has 4 rings (SSSR count). The fraction of sp³-hybridized carbons (Fsp3) is 0.710. The van der Waals surface area contributed by atoms with Crippen LogP contribution in [0.5, 0.6) is 5.75 Å². The molecule has 40 heavy (non-hydrogen) atoms. The van der Waals surface area contributed by atoms with Crippen molar-refractivity contribution in [2.45, 2.75) is 95.7 Å². The van der Waals surface area contributed by atoms with E-state index >= 15 is 0 Å². The van der Waals surface area contributed by atoms with E-state index in [0.29, 0.717) is 38.4 Å². The topological polar surface area (TPSA) is 94.5 Å². The number of halogens is 2. The highest BCUT2D eigenvalue weighted by Gasteiger charge is 2.43. The maximum Gasteiger partial charge on any atom is 0.306 e. The molecule has 2 aliphatic heterocycles. The summed E-state index contributed by atoms with van der Waals surface area (Å²) in [5.74, 6) is -2.15. The second-order valence-electron chi connectivity index (χ2n) is 11.5. The number of carboxylic acids is 1. The number of hydrogen-bond acceptors (Lipinski definition) is 6. The van der Waals surface area contributed by atoms with E-state index in [1.807, 2.05) is 19.1 Å². The average Bonchev–Trinajstić information content (AvgIpc) is 3.10. The molecule has 9 heteroatoms. The van der Waals surface area contributed by atoms with Crippen molar-refractivity contribution >= 4 is 5.97 Å². The Bertz CT molecular complexity index is 967. The molecule has 0 bridgehead atoms. The molecular weight excluding hydrogens is 522 g/mol. The largest absolute Gasteiger partial charge is 0.487 e. The van der Waals surface area contributed by atoms with Gasteiger partial charge in [0.25, 0.3) is 0 Å². The van der Waals surface area contributed by atoms with Gasteiger partial charge in [0.05, 0.1) is 18.1 Å². The predicted molar refractivity (Wildman–Crippen MR) is 145 cm³/mol. The normalized spacial score (nSPS) is 30.5. The van der Waals surface area contributed by atoms with Crippen LogP contribution in [0, 0.1) is 35.3 Å². The monoisotopic (exact) mass is 566 g/mol. The van der Waals surface area contributed by atoms with Gasteiger partial charge in [0.1, 0.15) is 18.5 Å². The fourth-order valence-corrected chi connectivity index (χ4v) is 6.29. The van der Waals surface area contributed by atoms with Crippen LogP contribution in [0.2, 0.25) is 0 Å². The first-order chi connectivity index (χ1) is 19.3. The van der Waals surface area contributed by atoms with Crippen molar-refractivity contribution in [1.29, 1.82) is 0 Å². The van der Waals surface area contributed by atoms with Crippen LogP contribution in [-0.2, 0) is 19.0 Å². The first-order valence-electron chi connectivity index (χ1n) is 14.9. The summed E-state index contributed by atoms with van der Waals surface area (Å²) < 4.78 is 51.5.